The molecule has 24 heavy (non-hydrogen) atoms. The van der Waals surface area contributed by atoms with E-state index in [0.717, 1.165) is 38.8 Å². The van der Waals surface area contributed by atoms with Crippen molar-refractivity contribution in [3.8, 4) is 0 Å². The summed E-state index contributed by atoms with van der Waals surface area (Å²) in [5, 5.41) is 0.902. The molecule has 1 fully saturated rings. The first-order valence-corrected chi connectivity index (χ1v) is 9.11. The molecule has 0 aromatic heterocycles. The molecule has 4 nitrogen and oxygen atoms in total. The quantitative estimate of drug-likeness (QED) is 0.740. The monoisotopic (exact) mass is 366 g/mol. The summed E-state index contributed by atoms with van der Waals surface area (Å²) in [6.07, 6.45) is 3.78. The summed E-state index contributed by atoms with van der Waals surface area (Å²) >= 11 is 12.3. The van der Waals surface area contributed by atoms with E-state index >= 15 is 0 Å². The van der Waals surface area contributed by atoms with Gasteiger partial charge in [0.2, 0.25) is 0 Å². The van der Waals surface area contributed by atoms with Crippen LogP contribution in [0, 0.1) is 0 Å². The first-order chi connectivity index (χ1) is 11.5. The van der Waals surface area contributed by atoms with Gasteiger partial charge in [0, 0.05) is 30.2 Å². The third-order valence-corrected chi connectivity index (χ3v) is 5.05. The Morgan fingerprint density at radius 1 is 1.08 bits per heavy atom. The summed E-state index contributed by atoms with van der Waals surface area (Å²) < 4.78 is 0. The predicted molar refractivity (Wildman–Crippen MR) is 95.8 cm³/mol. The lowest BCUT2D eigenvalue weighted by Gasteiger charge is -2.20. The van der Waals surface area contributed by atoms with Crippen molar-refractivity contribution in [3.05, 3.63) is 39.5 Å². The van der Waals surface area contributed by atoms with Crippen molar-refractivity contribution in [3.63, 3.8) is 0 Å². The SMILES string of the molecule is CCCCN1C(=O)C(c2ccc(Cl)cc2Cl)=C(N2CCCC2)C1=O. The minimum absolute atomic E-state index is 0.198. The maximum atomic E-state index is 13.0. The van der Waals surface area contributed by atoms with E-state index in [-0.39, 0.29) is 11.8 Å². The number of amides is 2. The van der Waals surface area contributed by atoms with Crippen molar-refractivity contribution >= 4 is 40.6 Å². The van der Waals surface area contributed by atoms with Crippen molar-refractivity contribution in [2.24, 2.45) is 0 Å². The van der Waals surface area contributed by atoms with Crippen molar-refractivity contribution < 1.29 is 9.59 Å². The van der Waals surface area contributed by atoms with E-state index < -0.39 is 0 Å². The lowest BCUT2D eigenvalue weighted by Crippen LogP contribution is -2.35. The number of carbonyl (C=O) groups is 2. The Morgan fingerprint density at radius 2 is 1.79 bits per heavy atom. The van der Waals surface area contributed by atoms with Crippen molar-refractivity contribution in [2.45, 2.75) is 32.6 Å². The fraction of sp³-hybridized carbons (Fsp3) is 0.444. The molecule has 0 bridgehead atoms. The maximum Gasteiger partial charge on any atom is 0.277 e. The number of hydrogen-bond donors (Lipinski definition) is 0. The number of halogens is 2. The van der Waals surface area contributed by atoms with Crippen LogP contribution >= 0.6 is 23.2 Å². The molecule has 6 heteroatoms. The van der Waals surface area contributed by atoms with Crippen molar-refractivity contribution in [1.82, 2.24) is 9.80 Å². The highest BCUT2D eigenvalue weighted by Crippen LogP contribution is 2.37. The number of hydrogen-bond acceptors (Lipinski definition) is 3. The maximum absolute atomic E-state index is 13.0. The van der Waals surface area contributed by atoms with Gasteiger partial charge < -0.3 is 4.90 Å². The van der Waals surface area contributed by atoms with Crippen LogP contribution in [0.1, 0.15) is 38.2 Å². The predicted octanol–water partition coefficient (Wildman–Crippen LogP) is 3.97. The zero-order chi connectivity index (χ0) is 17.3. The van der Waals surface area contributed by atoms with E-state index in [2.05, 4.69) is 0 Å². The molecule has 0 saturated carbocycles. The molecule has 2 amide bonds. The first kappa shape index (κ1) is 17.3. The van der Waals surface area contributed by atoms with E-state index in [4.69, 9.17) is 23.2 Å². The molecule has 1 aromatic carbocycles. The third kappa shape index (κ3) is 3.05. The largest absolute Gasteiger partial charge is 0.366 e. The van der Waals surface area contributed by atoms with Gasteiger partial charge in [-0.15, -0.1) is 0 Å². The van der Waals surface area contributed by atoms with Gasteiger partial charge in [-0.2, -0.15) is 0 Å². The average Bonchev–Trinajstić information content (AvgIpc) is 3.14. The molecule has 1 saturated heterocycles. The van der Waals surface area contributed by atoms with Gasteiger partial charge in [-0.3, -0.25) is 14.5 Å². The molecular weight excluding hydrogens is 347 g/mol. The summed E-state index contributed by atoms with van der Waals surface area (Å²) in [5.41, 5.74) is 1.50. The van der Waals surface area contributed by atoms with Gasteiger partial charge in [0.15, 0.2) is 0 Å². The minimum atomic E-state index is -0.250. The van der Waals surface area contributed by atoms with Crippen LogP contribution in [0.4, 0.5) is 0 Å². The standard InChI is InChI=1S/C18H20Cl2N2O2/c1-2-3-10-22-17(23)15(13-7-6-12(19)11-14(13)20)16(18(22)24)21-8-4-5-9-21/h6-7,11H,2-5,8-10H2,1H3. The van der Waals surface area contributed by atoms with Crippen LogP contribution in [0.15, 0.2) is 23.9 Å². The summed E-state index contributed by atoms with van der Waals surface area (Å²) in [6.45, 7) is 4.08. The highest BCUT2D eigenvalue weighted by Gasteiger charge is 2.42. The molecule has 0 unspecified atom stereocenters. The number of likely N-dealkylation sites (tertiary alicyclic amines) is 1. The topological polar surface area (TPSA) is 40.6 Å². The molecule has 0 spiro atoms. The molecule has 0 N–H and O–H groups in total. The van der Waals surface area contributed by atoms with Crippen LogP contribution in [0.3, 0.4) is 0 Å². The minimum Gasteiger partial charge on any atom is -0.366 e. The molecule has 2 heterocycles. The second-order valence-electron chi connectivity index (χ2n) is 6.16. The normalized spacial score (nSPS) is 18.3. The van der Waals surface area contributed by atoms with Gasteiger partial charge in [-0.05, 0) is 31.4 Å². The second-order valence-corrected chi connectivity index (χ2v) is 7.00. The van der Waals surface area contributed by atoms with Gasteiger partial charge in [-0.1, -0.05) is 42.6 Å². The number of imide groups is 1. The number of rotatable bonds is 5. The Morgan fingerprint density at radius 3 is 2.42 bits per heavy atom. The van der Waals surface area contributed by atoms with E-state index in [9.17, 15) is 9.59 Å². The Labute approximate surface area is 152 Å². The molecule has 1 aromatic rings. The van der Waals surface area contributed by atoms with Crippen LogP contribution in [-0.4, -0.2) is 41.2 Å². The summed E-state index contributed by atoms with van der Waals surface area (Å²) in [4.78, 5) is 29.2. The van der Waals surface area contributed by atoms with E-state index in [1.807, 2.05) is 11.8 Å². The molecule has 0 aliphatic carbocycles. The number of benzene rings is 1. The average molecular weight is 367 g/mol. The van der Waals surface area contributed by atoms with Crippen LogP contribution in [0.2, 0.25) is 10.0 Å². The van der Waals surface area contributed by atoms with Crippen LogP contribution in [-0.2, 0) is 9.59 Å². The third-order valence-electron chi connectivity index (χ3n) is 4.50. The van der Waals surface area contributed by atoms with E-state index in [1.54, 1.807) is 18.2 Å². The van der Waals surface area contributed by atoms with E-state index in [1.165, 1.54) is 4.90 Å². The van der Waals surface area contributed by atoms with Gasteiger partial charge in [-0.25, -0.2) is 0 Å². The fourth-order valence-corrected chi connectivity index (χ4v) is 3.75. The van der Waals surface area contributed by atoms with Crippen molar-refractivity contribution in [1.29, 1.82) is 0 Å². The van der Waals surface area contributed by atoms with Crippen LogP contribution < -0.4 is 0 Å². The molecule has 2 aliphatic heterocycles. The number of nitrogens with zero attached hydrogens (tertiary/aromatic N) is 2. The van der Waals surface area contributed by atoms with Gasteiger partial charge in [0.1, 0.15) is 5.70 Å². The smallest absolute Gasteiger partial charge is 0.277 e. The lowest BCUT2D eigenvalue weighted by atomic mass is 10.0. The summed E-state index contributed by atoms with van der Waals surface area (Å²) in [5.74, 6) is -0.448. The molecular formula is C18H20Cl2N2O2. The van der Waals surface area contributed by atoms with E-state index in [0.29, 0.717) is 33.4 Å². The van der Waals surface area contributed by atoms with Crippen LogP contribution in [0.25, 0.3) is 5.57 Å². The molecule has 0 radical (unpaired) electrons. The first-order valence-electron chi connectivity index (χ1n) is 8.35. The van der Waals surface area contributed by atoms with Gasteiger partial charge in [0.05, 0.1) is 10.6 Å². The van der Waals surface area contributed by atoms with Gasteiger partial charge in [0.25, 0.3) is 11.8 Å². The van der Waals surface area contributed by atoms with Gasteiger partial charge >= 0.3 is 0 Å². The Kier molecular flexibility index (Phi) is 5.16. The molecule has 3 rings (SSSR count). The number of unbranched alkanes of at least 4 members (excludes halogenated alkanes) is 1. The molecule has 128 valence electrons. The molecule has 0 atom stereocenters. The highest BCUT2D eigenvalue weighted by molar-refractivity contribution is 6.41. The Bertz CT molecular complexity index is 709. The Hall–Kier alpha value is -1.52. The van der Waals surface area contributed by atoms with Crippen molar-refractivity contribution in [2.75, 3.05) is 19.6 Å². The lowest BCUT2D eigenvalue weighted by molar-refractivity contribution is -0.137. The molecule has 2 aliphatic rings. The fourth-order valence-electron chi connectivity index (χ4n) is 3.25. The zero-order valence-corrected chi connectivity index (χ0v) is 15.2. The summed E-state index contributed by atoms with van der Waals surface area (Å²) in [6, 6.07) is 5.04. The van der Waals surface area contributed by atoms with Crippen LogP contribution in [0.5, 0.6) is 0 Å². The number of carbonyl (C=O) groups excluding carboxylic acids is 2. The second kappa shape index (κ2) is 7.16. The zero-order valence-electron chi connectivity index (χ0n) is 13.6. The highest BCUT2D eigenvalue weighted by atomic mass is 35.5. The Balaban J connectivity index is 2.08. The summed E-state index contributed by atoms with van der Waals surface area (Å²) in [7, 11) is 0.